The van der Waals surface area contributed by atoms with E-state index in [2.05, 4.69) is 10.6 Å². The van der Waals surface area contributed by atoms with Gasteiger partial charge in [0.25, 0.3) is 0 Å². The molecule has 6 heteroatoms. The number of phenols is 1. The zero-order valence-electron chi connectivity index (χ0n) is 16.5. The molecular formula is C22H28N2O4. The predicted molar refractivity (Wildman–Crippen MR) is 108 cm³/mol. The van der Waals surface area contributed by atoms with Gasteiger partial charge in [0.2, 0.25) is 0 Å². The minimum Gasteiger partial charge on any atom is -0.508 e. The SMILES string of the molecule is CC(C)OC(=O)C[C@@H](NC(=O)N[C@H](C)Cc1ccc(O)cc1)c1ccccc1. The molecule has 0 radical (unpaired) electrons. The second-order valence-electron chi connectivity index (χ2n) is 7.10. The largest absolute Gasteiger partial charge is 0.508 e. The number of amides is 2. The summed E-state index contributed by atoms with van der Waals surface area (Å²) in [4.78, 5) is 24.6. The van der Waals surface area contributed by atoms with Gasteiger partial charge in [-0.25, -0.2) is 4.79 Å². The molecular weight excluding hydrogens is 356 g/mol. The third-order valence-electron chi connectivity index (χ3n) is 4.10. The Morgan fingerprint density at radius 3 is 2.21 bits per heavy atom. The second-order valence-corrected chi connectivity index (χ2v) is 7.10. The molecule has 0 aromatic heterocycles. The van der Waals surface area contributed by atoms with Crippen LogP contribution < -0.4 is 10.6 Å². The van der Waals surface area contributed by atoms with Crippen LogP contribution in [0.5, 0.6) is 5.75 Å². The Morgan fingerprint density at radius 2 is 1.61 bits per heavy atom. The normalized spacial score (nSPS) is 12.9. The van der Waals surface area contributed by atoms with E-state index < -0.39 is 6.04 Å². The Bertz CT molecular complexity index is 760. The number of ether oxygens (including phenoxy) is 1. The highest BCUT2D eigenvalue weighted by Crippen LogP contribution is 2.18. The van der Waals surface area contributed by atoms with Gasteiger partial charge < -0.3 is 20.5 Å². The lowest BCUT2D eigenvalue weighted by molar-refractivity contribution is -0.147. The number of esters is 1. The number of carbonyl (C=O) groups excluding carboxylic acids is 2. The highest BCUT2D eigenvalue weighted by molar-refractivity contribution is 5.77. The van der Waals surface area contributed by atoms with Gasteiger partial charge in [-0.3, -0.25) is 4.79 Å². The topological polar surface area (TPSA) is 87.7 Å². The number of hydrogen-bond donors (Lipinski definition) is 3. The lowest BCUT2D eigenvalue weighted by Crippen LogP contribution is -2.43. The first kappa shape index (κ1) is 21.3. The van der Waals surface area contributed by atoms with E-state index >= 15 is 0 Å². The maximum absolute atomic E-state index is 12.5. The highest BCUT2D eigenvalue weighted by atomic mass is 16.5. The minimum atomic E-state index is -0.478. The van der Waals surface area contributed by atoms with E-state index in [1.54, 1.807) is 26.0 Å². The molecule has 6 nitrogen and oxygen atoms in total. The van der Waals surface area contributed by atoms with Gasteiger partial charge in [-0.2, -0.15) is 0 Å². The van der Waals surface area contributed by atoms with E-state index in [4.69, 9.17) is 4.74 Å². The number of nitrogens with one attached hydrogen (secondary N) is 2. The molecule has 2 rings (SSSR count). The molecule has 0 fully saturated rings. The smallest absolute Gasteiger partial charge is 0.315 e. The summed E-state index contributed by atoms with van der Waals surface area (Å²) >= 11 is 0. The molecule has 0 saturated heterocycles. The van der Waals surface area contributed by atoms with Crippen molar-refractivity contribution in [2.24, 2.45) is 0 Å². The summed E-state index contributed by atoms with van der Waals surface area (Å²) in [6.45, 7) is 5.48. The first-order chi connectivity index (χ1) is 13.3. The van der Waals surface area contributed by atoms with Crippen molar-refractivity contribution >= 4 is 12.0 Å². The third-order valence-corrected chi connectivity index (χ3v) is 4.10. The molecule has 0 spiro atoms. The first-order valence-corrected chi connectivity index (χ1v) is 9.43. The van der Waals surface area contributed by atoms with E-state index in [-0.39, 0.29) is 36.3 Å². The molecule has 2 atom stereocenters. The van der Waals surface area contributed by atoms with Gasteiger partial charge in [0.15, 0.2) is 0 Å². The molecule has 2 aromatic rings. The number of carbonyl (C=O) groups is 2. The molecule has 0 aliphatic carbocycles. The van der Waals surface area contributed by atoms with Crippen molar-refractivity contribution in [1.82, 2.24) is 10.6 Å². The summed E-state index contributed by atoms with van der Waals surface area (Å²) in [5.41, 5.74) is 1.84. The van der Waals surface area contributed by atoms with Crippen LogP contribution in [0.15, 0.2) is 54.6 Å². The summed E-state index contributed by atoms with van der Waals surface area (Å²) in [5, 5.41) is 15.1. The molecule has 28 heavy (non-hydrogen) atoms. The number of aromatic hydroxyl groups is 1. The maximum atomic E-state index is 12.5. The first-order valence-electron chi connectivity index (χ1n) is 9.43. The summed E-state index contributed by atoms with van der Waals surface area (Å²) in [6.07, 6.45) is 0.476. The number of hydrogen-bond acceptors (Lipinski definition) is 4. The predicted octanol–water partition coefficient (Wildman–Crippen LogP) is 3.71. The van der Waals surface area contributed by atoms with Crippen molar-refractivity contribution in [2.75, 3.05) is 0 Å². The number of benzene rings is 2. The summed E-state index contributed by atoms with van der Waals surface area (Å²) < 4.78 is 5.22. The highest BCUT2D eigenvalue weighted by Gasteiger charge is 2.20. The summed E-state index contributed by atoms with van der Waals surface area (Å²) in [7, 11) is 0. The Labute approximate surface area is 165 Å². The van der Waals surface area contributed by atoms with Crippen molar-refractivity contribution in [3.63, 3.8) is 0 Å². The van der Waals surface area contributed by atoms with Crippen LogP contribution in [0.1, 0.15) is 44.4 Å². The lowest BCUT2D eigenvalue weighted by Gasteiger charge is -2.21. The Balaban J connectivity index is 1.96. The molecule has 0 aliphatic heterocycles. The molecule has 0 saturated carbocycles. The second kappa shape index (κ2) is 10.3. The molecule has 2 aromatic carbocycles. The van der Waals surface area contributed by atoms with Crippen molar-refractivity contribution in [3.05, 3.63) is 65.7 Å². The van der Waals surface area contributed by atoms with Crippen LogP contribution in [-0.4, -0.2) is 29.3 Å². The Kier molecular flexibility index (Phi) is 7.87. The van der Waals surface area contributed by atoms with Gasteiger partial charge in [0.1, 0.15) is 5.75 Å². The van der Waals surface area contributed by atoms with Crippen molar-refractivity contribution in [3.8, 4) is 5.75 Å². The average molecular weight is 384 g/mol. The minimum absolute atomic E-state index is 0.0575. The molecule has 2 amide bonds. The molecule has 0 heterocycles. The van der Waals surface area contributed by atoms with Crippen molar-refractivity contribution < 1.29 is 19.4 Å². The average Bonchev–Trinajstić information content (AvgIpc) is 2.63. The van der Waals surface area contributed by atoms with Crippen LogP contribution in [0.25, 0.3) is 0 Å². The van der Waals surface area contributed by atoms with Gasteiger partial charge >= 0.3 is 12.0 Å². The van der Waals surface area contributed by atoms with Gasteiger partial charge in [-0.15, -0.1) is 0 Å². The molecule has 0 aliphatic rings. The van der Waals surface area contributed by atoms with Crippen LogP contribution in [0.2, 0.25) is 0 Å². The third kappa shape index (κ3) is 7.31. The van der Waals surface area contributed by atoms with Crippen LogP contribution in [0, 0.1) is 0 Å². The van der Waals surface area contributed by atoms with Crippen LogP contribution in [0.3, 0.4) is 0 Å². The zero-order chi connectivity index (χ0) is 20.5. The van der Waals surface area contributed by atoms with E-state index in [0.29, 0.717) is 6.42 Å². The fourth-order valence-electron chi connectivity index (χ4n) is 2.88. The van der Waals surface area contributed by atoms with Gasteiger partial charge in [-0.05, 0) is 50.5 Å². The molecule has 150 valence electrons. The molecule has 0 bridgehead atoms. The van der Waals surface area contributed by atoms with E-state index in [1.807, 2.05) is 49.4 Å². The Morgan fingerprint density at radius 1 is 0.964 bits per heavy atom. The standard InChI is InChI=1S/C22H28N2O4/c1-15(2)28-21(26)14-20(18-7-5-4-6-8-18)24-22(27)23-16(3)13-17-9-11-19(25)12-10-17/h4-12,15-16,20,25H,13-14H2,1-3H3,(H2,23,24,27)/t16-,20-/m1/s1. The number of rotatable bonds is 8. The van der Waals surface area contributed by atoms with Crippen LogP contribution in [0.4, 0.5) is 4.79 Å². The van der Waals surface area contributed by atoms with E-state index in [1.165, 1.54) is 0 Å². The molecule has 3 N–H and O–H groups in total. The summed E-state index contributed by atoms with van der Waals surface area (Å²) in [6, 6.07) is 15.3. The van der Waals surface area contributed by atoms with E-state index in [9.17, 15) is 14.7 Å². The zero-order valence-corrected chi connectivity index (χ0v) is 16.5. The van der Waals surface area contributed by atoms with Crippen LogP contribution in [-0.2, 0) is 16.0 Å². The number of urea groups is 1. The maximum Gasteiger partial charge on any atom is 0.315 e. The quantitative estimate of drug-likeness (QED) is 0.606. The monoisotopic (exact) mass is 384 g/mol. The Hall–Kier alpha value is -3.02. The van der Waals surface area contributed by atoms with Gasteiger partial charge in [0.05, 0.1) is 18.6 Å². The fraction of sp³-hybridized carbons (Fsp3) is 0.364. The fourth-order valence-corrected chi connectivity index (χ4v) is 2.88. The number of phenolic OH excluding ortho intramolecular Hbond substituents is 1. The lowest BCUT2D eigenvalue weighted by atomic mass is 10.0. The van der Waals surface area contributed by atoms with Crippen molar-refractivity contribution in [1.29, 1.82) is 0 Å². The van der Waals surface area contributed by atoms with E-state index in [0.717, 1.165) is 11.1 Å². The van der Waals surface area contributed by atoms with Crippen molar-refractivity contribution in [2.45, 2.75) is 51.8 Å². The van der Waals surface area contributed by atoms with Crippen LogP contribution >= 0.6 is 0 Å². The summed E-state index contributed by atoms with van der Waals surface area (Å²) in [5.74, 6) is -0.151. The molecule has 0 unspecified atom stereocenters. The van der Waals surface area contributed by atoms with Gasteiger partial charge in [-0.1, -0.05) is 42.5 Å². The van der Waals surface area contributed by atoms with Gasteiger partial charge in [0, 0.05) is 6.04 Å².